The second-order valence-corrected chi connectivity index (χ2v) is 5.31. The molecule has 3 rings (SSSR count). The number of nitrogens with one attached hydrogen (secondary N) is 1. The molecule has 0 atom stereocenters. The van der Waals surface area contributed by atoms with Crippen molar-refractivity contribution in [1.29, 1.82) is 0 Å². The molecule has 3 aromatic rings. The van der Waals surface area contributed by atoms with E-state index in [-0.39, 0.29) is 0 Å². The molecule has 7 heteroatoms. The lowest BCUT2D eigenvalue weighted by Crippen LogP contribution is -1.88. The summed E-state index contributed by atoms with van der Waals surface area (Å²) in [6, 6.07) is 3.97. The van der Waals surface area contributed by atoms with Crippen molar-refractivity contribution >= 4 is 56.7 Å². The van der Waals surface area contributed by atoms with Crippen molar-refractivity contribution < 1.29 is 0 Å². The van der Waals surface area contributed by atoms with Crippen LogP contribution in [-0.4, -0.2) is 19.9 Å². The van der Waals surface area contributed by atoms with E-state index in [0.29, 0.717) is 20.1 Å². The van der Waals surface area contributed by atoms with E-state index in [2.05, 4.69) is 19.9 Å². The van der Waals surface area contributed by atoms with E-state index < -0.39 is 0 Å². The van der Waals surface area contributed by atoms with Crippen LogP contribution in [0.3, 0.4) is 0 Å². The number of hydrogen-bond acceptors (Lipinski definition) is 4. The van der Waals surface area contributed by atoms with Crippen LogP contribution < -0.4 is 0 Å². The fourth-order valence-electron chi connectivity index (χ4n) is 1.37. The maximum atomic E-state index is 6.00. The van der Waals surface area contributed by atoms with Gasteiger partial charge in [-0.15, -0.1) is 11.3 Å². The maximum Gasteiger partial charge on any atom is 0.194 e. The van der Waals surface area contributed by atoms with Gasteiger partial charge in [-0.1, -0.05) is 17.7 Å². The predicted octanol–water partition coefficient (Wildman–Crippen LogP) is 3.34. The van der Waals surface area contributed by atoms with E-state index >= 15 is 0 Å². The van der Waals surface area contributed by atoms with Crippen LogP contribution in [0, 0.1) is 3.83 Å². The summed E-state index contributed by atoms with van der Waals surface area (Å²) in [5.74, 6) is 0.781. The van der Waals surface area contributed by atoms with Crippen LogP contribution in [-0.2, 0) is 0 Å². The molecule has 0 saturated heterocycles. The first-order chi connectivity index (χ1) is 7.74. The number of thiophene rings is 1. The third-order valence-corrected chi connectivity index (χ3v) is 3.65. The van der Waals surface area contributed by atoms with E-state index in [9.17, 15) is 0 Å². The molecular weight excluding hydrogens is 359 g/mol. The van der Waals surface area contributed by atoms with Crippen LogP contribution in [0.2, 0.25) is 5.15 Å². The number of aromatic nitrogens is 4. The summed E-state index contributed by atoms with van der Waals surface area (Å²) < 4.78 is 0.608. The number of H-pyrrole nitrogens is 1. The Morgan fingerprint density at radius 1 is 1.31 bits per heavy atom. The smallest absolute Gasteiger partial charge is 0.194 e. The van der Waals surface area contributed by atoms with Gasteiger partial charge in [-0.25, -0.2) is 15.0 Å². The number of imidazole rings is 1. The molecule has 0 unspecified atom stereocenters. The molecule has 0 radical (unpaired) electrons. The largest absolute Gasteiger partial charge is 0.322 e. The van der Waals surface area contributed by atoms with Gasteiger partial charge in [-0.2, -0.15) is 0 Å². The van der Waals surface area contributed by atoms with Gasteiger partial charge < -0.3 is 4.98 Å². The molecule has 0 aromatic carbocycles. The number of aromatic amines is 1. The predicted molar refractivity (Wildman–Crippen MR) is 72.7 cm³/mol. The summed E-state index contributed by atoms with van der Waals surface area (Å²) in [6.45, 7) is 0. The Morgan fingerprint density at radius 3 is 2.94 bits per heavy atom. The van der Waals surface area contributed by atoms with Gasteiger partial charge >= 0.3 is 0 Å². The Morgan fingerprint density at radius 2 is 2.19 bits per heavy atom. The number of halogens is 2. The zero-order valence-electron chi connectivity index (χ0n) is 7.74. The van der Waals surface area contributed by atoms with Gasteiger partial charge in [0.05, 0.1) is 4.88 Å². The average Bonchev–Trinajstić information content (AvgIpc) is 2.82. The van der Waals surface area contributed by atoms with Gasteiger partial charge in [-0.05, 0) is 11.4 Å². The van der Waals surface area contributed by atoms with E-state index in [0.717, 1.165) is 10.7 Å². The Hall–Kier alpha value is -0.730. The maximum absolute atomic E-state index is 6.00. The second-order valence-electron chi connectivity index (χ2n) is 3.04. The van der Waals surface area contributed by atoms with Crippen LogP contribution in [0.4, 0.5) is 0 Å². The van der Waals surface area contributed by atoms with Crippen molar-refractivity contribution in [2.75, 3.05) is 0 Å². The average molecular weight is 363 g/mol. The van der Waals surface area contributed by atoms with Crippen molar-refractivity contribution in [3.63, 3.8) is 0 Å². The first-order valence-corrected chi connectivity index (χ1v) is 6.70. The number of hydrogen-bond donors (Lipinski definition) is 1. The molecule has 0 aliphatic carbocycles. The van der Waals surface area contributed by atoms with Crippen LogP contribution in [0.5, 0.6) is 0 Å². The van der Waals surface area contributed by atoms with Gasteiger partial charge in [0.25, 0.3) is 0 Å². The number of nitrogens with zero attached hydrogens (tertiary/aromatic N) is 3. The first kappa shape index (κ1) is 10.4. The van der Waals surface area contributed by atoms with Gasteiger partial charge in [0.2, 0.25) is 0 Å². The molecule has 80 valence electrons. The van der Waals surface area contributed by atoms with Crippen molar-refractivity contribution in [2.45, 2.75) is 0 Å². The molecule has 0 bridgehead atoms. The molecular formula is C9H4ClIN4S. The molecule has 0 spiro atoms. The Kier molecular flexibility index (Phi) is 2.56. The summed E-state index contributed by atoms with van der Waals surface area (Å²) in [5.41, 5.74) is 1.29. The van der Waals surface area contributed by atoms with Gasteiger partial charge in [-0.3, -0.25) is 0 Å². The Bertz CT molecular complexity index is 649. The fraction of sp³-hybridized carbons (Fsp3) is 0. The minimum absolute atomic E-state index is 0.383. The number of fused-ring (bicyclic) bond motifs is 1. The molecule has 3 heterocycles. The Balaban J connectivity index is 2.27. The van der Waals surface area contributed by atoms with Gasteiger partial charge in [0, 0.05) is 22.6 Å². The normalized spacial score (nSPS) is 11.1. The summed E-state index contributed by atoms with van der Waals surface area (Å²) in [7, 11) is 0. The zero-order chi connectivity index (χ0) is 11.1. The second kappa shape index (κ2) is 3.94. The monoisotopic (exact) mass is 362 g/mol. The summed E-state index contributed by atoms with van der Waals surface area (Å²) >= 11 is 9.64. The van der Waals surface area contributed by atoms with Crippen LogP contribution in [0.1, 0.15) is 0 Å². The van der Waals surface area contributed by atoms with E-state index in [4.69, 9.17) is 11.6 Å². The molecule has 0 aliphatic rings. The van der Waals surface area contributed by atoms with E-state index in [1.807, 2.05) is 40.1 Å². The standard InChI is InChI=1S/C9H4ClIN4S/c10-6-5-8(15-9(11)13-6)14-7(12-5)4-2-1-3-16-4/h1-3H,(H,12,13,14,15). The highest BCUT2D eigenvalue weighted by Crippen LogP contribution is 2.26. The highest BCUT2D eigenvalue weighted by molar-refractivity contribution is 14.1. The SMILES string of the molecule is Clc1nc(I)nc2[nH]c(-c3cccs3)nc12. The highest BCUT2D eigenvalue weighted by Gasteiger charge is 2.11. The van der Waals surface area contributed by atoms with Crippen LogP contribution in [0.15, 0.2) is 17.5 Å². The molecule has 16 heavy (non-hydrogen) atoms. The zero-order valence-corrected chi connectivity index (χ0v) is 11.5. The van der Waals surface area contributed by atoms with Crippen molar-refractivity contribution in [1.82, 2.24) is 19.9 Å². The van der Waals surface area contributed by atoms with Gasteiger partial charge in [0.15, 0.2) is 14.6 Å². The molecule has 0 fully saturated rings. The summed E-state index contributed by atoms with van der Waals surface area (Å²) in [6.07, 6.45) is 0. The highest BCUT2D eigenvalue weighted by atomic mass is 127. The van der Waals surface area contributed by atoms with Gasteiger partial charge in [0.1, 0.15) is 11.3 Å². The Labute approximate surface area is 113 Å². The van der Waals surface area contributed by atoms with Crippen LogP contribution in [0.25, 0.3) is 21.9 Å². The molecule has 3 aromatic heterocycles. The lowest BCUT2D eigenvalue weighted by atomic mass is 10.4. The summed E-state index contributed by atoms with van der Waals surface area (Å²) in [5, 5.41) is 2.38. The molecule has 0 amide bonds. The minimum atomic E-state index is 0.383. The van der Waals surface area contributed by atoms with E-state index in [1.165, 1.54) is 0 Å². The third-order valence-electron chi connectivity index (χ3n) is 2.03. The molecule has 0 aliphatic heterocycles. The van der Waals surface area contributed by atoms with Crippen molar-refractivity contribution in [3.8, 4) is 10.7 Å². The van der Waals surface area contributed by atoms with Crippen molar-refractivity contribution in [2.24, 2.45) is 0 Å². The lowest BCUT2D eigenvalue weighted by molar-refractivity contribution is 1.14. The van der Waals surface area contributed by atoms with Crippen LogP contribution >= 0.6 is 45.5 Å². The van der Waals surface area contributed by atoms with E-state index in [1.54, 1.807) is 11.3 Å². The molecule has 1 N–H and O–H groups in total. The minimum Gasteiger partial charge on any atom is -0.322 e. The third kappa shape index (κ3) is 1.70. The molecule has 4 nitrogen and oxygen atoms in total. The fourth-order valence-corrected chi connectivity index (χ4v) is 2.88. The topological polar surface area (TPSA) is 54.5 Å². The lowest BCUT2D eigenvalue weighted by Gasteiger charge is -1.91. The summed E-state index contributed by atoms with van der Waals surface area (Å²) in [4.78, 5) is 16.9. The number of rotatable bonds is 1. The van der Waals surface area contributed by atoms with Crippen molar-refractivity contribution in [3.05, 3.63) is 26.5 Å². The first-order valence-electron chi connectivity index (χ1n) is 4.36. The molecule has 0 saturated carbocycles. The quantitative estimate of drug-likeness (QED) is 0.410.